The monoisotopic (exact) mass is 330 g/mol. The van der Waals surface area contributed by atoms with Crippen molar-refractivity contribution in [1.82, 2.24) is 10.2 Å². The first kappa shape index (κ1) is 16.8. The molecule has 1 aliphatic carbocycles. The van der Waals surface area contributed by atoms with Crippen molar-refractivity contribution in [3.8, 4) is 5.75 Å². The van der Waals surface area contributed by atoms with Crippen LogP contribution in [0.25, 0.3) is 0 Å². The van der Waals surface area contributed by atoms with Gasteiger partial charge in [0, 0.05) is 19.6 Å². The van der Waals surface area contributed by atoms with E-state index in [0.29, 0.717) is 24.8 Å². The van der Waals surface area contributed by atoms with E-state index in [-0.39, 0.29) is 24.3 Å². The van der Waals surface area contributed by atoms with Crippen molar-refractivity contribution in [2.24, 2.45) is 11.8 Å². The van der Waals surface area contributed by atoms with Crippen LogP contribution in [0.3, 0.4) is 0 Å². The molecule has 1 saturated heterocycles. The van der Waals surface area contributed by atoms with Gasteiger partial charge in [0.1, 0.15) is 5.75 Å². The van der Waals surface area contributed by atoms with Gasteiger partial charge in [0.25, 0.3) is 5.91 Å². The molecule has 0 unspecified atom stereocenters. The fourth-order valence-electron chi connectivity index (χ4n) is 3.07. The Morgan fingerprint density at radius 2 is 2.12 bits per heavy atom. The van der Waals surface area contributed by atoms with Gasteiger partial charge in [-0.05, 0) is 56.2 Å². The summed E-state index contributed by atoms with van der Waals surface area (Å²) in [6, 6.07) is 7.67. The number of nitrogens with one attached hydrogen (secondary N) is 1. The number of hydrogen-bond donors (Lipinski definition) is 1. The standard InChI is InChI=1S/C19H26N2O3/c1-14-4-2-6-17(10-14)24-13-18(22)21-9-3-5-16(12-21)19(23)20-11-15-7-8-15/h2,4,6,10,15-16H,3,5,7-9,11-13H2,1H3,(H,20,23)/t16-/m0/s1. The second-order valence-corrected chi connectivity index (χ2v) is 6.97. The van der Waals surface area contributed by atoms with Crippen LogP contribution in [0.2, 0.25) is 0 Å². The van der Waals surface area contributed by atoms with Crippen molar-refractivity contribution in [2.45, 2.75) is 32.6 Å². The minimum atomic E-state index is -0.0829. The number of benzene rings is 1. The maximum absolute atomic E-state index is 12.4. The molecular weight excluding hydrogens is 304 g/mol. The van der Waals surface area contributed by atoms with Gasteiger partial charge in [-0.15, -0.1) is 0 Å². The number of nitrogens with zero attached hydrogens (tertiary/aromatic N) is 1. The summed E-state index contributed by atoms with van der Waals surface area (Å²) >= 11 is 0. The zero-order chi connectivity index (χ0) is 16.9. The van der Waals surface area contributed by atoms with Gasteiger partial charge < -0.3 is 15.0 Å². The molecule has 1 aliphatic heterocycles. The van der Waals surface area contributed by atoms with Crippen molar-refractivity contribution < 1.29 is 14.3 Å². The highest BCUT2D eigenvalue weighted by molar-refractivity contribution is 5.82. The molecule has 1 N–H and O–H groups in total. The predicted octanol–water partition coefficient (Wildman–Crippen LogP) is 2.14. The summed E-state index contributed by atoms with van der Waals surface area (Å²) in [4.78, 5) is 26.4. The third-order valence-corrected chi connectivity index (χ3v) is 4.76. The summed E-state index contributed by atoms with van der Waals surface area (Å²) in [6.07, 6.45) is 4.19. The SMILES string of the molecule is Cc1cccc(OCC(=O)N2CCC[C@H](C(=O)NCC3CC3)C2)c1. The molecule has 5 heteroatoms. The van der Waals surface area contributed by atoms with E-state index in [0.717, 1.165) is 24.9 Å². The smallest absolute Gasteiger partial charge is 0.260 e. The maximum atomic E-state index is 12.4. The maximum Gasteiger partial charge on any atom is 0.260 e. The molecule has 2 aliphatic rings. The number of likely N-dealkylation sites (tertiary alicyclic amines) is 1. The number of hydrogen-bond acceptors (Lipinski definition) is 3. The van der Waals surface area contributed by atoms with E-state index in [1.54, 1.807) is 4.90 Å². The van der Waals surface area contributed by atoms with Gasteiger partial charge in [-0.3, -0.25) is 9.59 Å². The van der Waals surface area contributed by atoms with E-state index in [1.165, 1.54) is 12.8 Å². The second kappa shape index (κ2) is 7.69. The number of carbonyl (C=O) groups is 2. The Hall–Kier alpha value is -2.04. The molecular formula is C19H26N2O3. The van der Waals surface area contributed by atoms with Crippen molar-refractivity contribution >= 4 is 11.8 Å². The molecule has 5 nitrogen and oxygen atoms in total. The van der Waals surface area contributed by atoms with E-state index in [1.807, 2.05) is 31.2 Å². The van der Waals surface area contributed by atoms with Gasteiger partial charge in [0.2, 0.25) is 5.91 Å². The summed E-state index contributed by atoms with van der Waals surface area (Å²) < 4.78 is 5.59. The fourth-order valence-corrected chi connectivity index (χ4v) is 3.07. The molecule has 0 aromatic heterocycles. The highest BCUT2D eigenvalue weighted by atomic mass is 16.5. The van der Waals surface area contributed by atoms with Gasteiger partial charge in [-0.1, -0.05) is 12.1 Å². The van der Waals surface area contributed by atoms with Gasteiger partial charge in [0.05, 0.1) is 5.92 Å². The second-order valence-electron chi connectivity index (χ2n) is 6.97. The normalized spacial score (nSPS) is 20.5. The summed E-state index contributed by atoms with van der Waals surface area (Å²) in [5.41, 5.74) is 1.10. The lowest BCUT2D eigenvalue weighted by Gasteiger charge is -2.32. The molecule has 0 bridgehead atoms. The van der Waals surface area contributed by atoms with Crippen molar-refractivity contribution in [3.05, 3.63) is 29.8 Å². The van der Waals surface area contributed by atoms with Crippen LogP contribution >= 0.6 is 0 Å². The van der Waals surface area contributed by atoms with Gasteiger partial charge in [0.15, 0.2) is 6.61 Å². The van der Waals surface area contributed by atoms with Gasteiger partial charge in [-0.25, -0.2) is 0 Å². The highest BCUT2D eigenvalue weighted by Gasteiger charge is 2.29. The van der Waals surface area contributed by atoms with Crippen LogP contribution in [0, 0.1) is 18.8 Å². The first-order valence-electron chi connectivity index (χ1n) is 8.87. The van der Waals surface area contributed by atoms with E-state index < -0.39 is 0 Å². The van der Waals surface area contributed by atoms with Crippen LogP contribution in [-0.2, 0) is 9.59 Å². The van der Waals surface area contributed by atoms with E-state index in [9.17, 15) is 9.59 Å². The molecule has 0 spiro atoms. The quantitative estimate of drug-likeness (QED) is 0.869. The molecule has 0 radical (unpaired) electrons. The van der Waals surface area contributed by atoms with Crippen molar-refractivity contribution in [2.75, 3.05) is 26.2 Å². The molecule has 1 aromatic carbocycles. The minimum absolute atomic E-state index is 0.0276. The Morgan fingerprint density at radius 1 is 1.29 bits per heavy atom. The summed E-state index contributed by atoms with van der Waals surface area (Å²) in [7, 11) is 0. The van der Waals surface area contributed by atoms with Crippen LogP contribution in [0.1, 0.15) is 31.2 Å². The number of carbonyl (C=O) groups excluding carboxylic acids is 2. The Kier molecular flexibility index (Phi) is 5.38. The first-order valence-corrected chi connectivity index (χ1v) is 8.87. The van der Waals surface area contributed by atoms with Crippen LogP contribution in [0.4, 0.5) is 0 Å². The lowest BCUT2D eigenvalue weighted by Crippen LogP contribution is -2.47. The molecule has 1 saturated carbocycles. The van der Waals surface area contributed by atoms with E-state index in [4.69, 9.17) is 4.74 Å². The molecule has 2 fully saturated rings. The fraction of sp³-hybridized carbons (Fsp3) is 0.579. The predicted molar refractivity (Wildman–Crippen MR) is 91.7 cm³/mol. The number of ether oxygens (including phenoxy) is 1. The van der Waals surface area contributed by atoms with Gasteiger partial charge in [-0.2, -0.15) is 0 Å². The largest absolute Gasteiger partial charge is 0.484 e. The number of amides is 2. The number of piperidine rings is 1. The minimum Gasteiger partial charge on any atom is -0.484 e. The topological polar surface area (TPSA) is 58.6 Å². The van der Waals surface area contributed by atoms with E-state index >= 15 is 0 Å². The Balaban J connectivity index is 1.46. The molecule has 1 aromatic rings. The summed E-state index contributed by atoms with van der Waals surface area (Å²) in [5.74, 6) is 1.35. The van der Waals surface area contributed by atoms with Crippen LogP contribution in [-0.4, -0.2) is 43.0 Å². The third-order valence-electron chi connectivity index (χ3n) is 4.76. The number of aryl methyl sites for hydroxylation is 1. The molecule has 24 heavy (non-hydrogen) atoms. The molecule has 1 heterocycles. The third kappa shape index (κ3) is 4.73. The number of rotatable bonds is 6. The highest BCUT2D eigenvalue weighted by Crippen LogP contribution is 2.28. The summed E-state index contributed by atoms with van der Waals surface area (Å²) in [5, 5.41) is 3.03. The Bertz CT molecular complexity index is 598. The average molecular weight is 330 g/mol. The zero-order valence-electron chi connectivity index (χ0n) is 14.3. The zero-order valence-corrected chi connectivity index (χ0v) is 14.3. The van der Waals surface area contributed by atoms with Crippen LogP contribution in [0.5, 0.6) is 5.75 Å². The van der Waals surface area contributed by atoms with Crippen molar-refractivity contribution in [3.63, 3.8) is 0 Å². The van der Waals surface area contributed by atoms with Crippen molar-refractivity contribution in [1.29, 1.82) is 0 Å². The molecule has 2 amide bonds. The Morgan fingerprint density at radius 3 is 2.88 bits per heavy atom. The Labute approximate surface area is 143 Å². The lowest BCUT2D eigenvalue weighted by atomic mass is 9.97. The lowest BCUT2D eigenvalue weighted by molar-refractivity contribution is -0.137. The van der Waals surface area contributed by atoms with E-state index in [2.05, 4.69) is 5.32 Å². The van der Waals surface area contributed by atoms with Crippen LogP contribution in [0.15, 0.2) is 24.3 Å². The molecule has 1 atom stereocenters. The summed E-state index contributed by atoms with van der Waals surface area (Å²) in [6.45, 7) is 4.03. The molecule has 130 valence electrons. The first-order chi connectivity index (χ1) is 11.6. The van der Waals surface area contributed by atoms with Crippen LogP contribution < -0.4 is 10.1 Å². The van der Waals surface area contributed by atoms with Gasteiger partial charge >= 0.3 is 0 Å². The molecule has 3 rings (SSSR count). The average Bonchev–Trinajstić information content (AvgIpc) is 3.42.